The summed E-state index contributed by atoms with van der Waals surface area (Å²) in [7, 11) is 0. The Morgan fingerprint density at radius 3 is 2.56 bits per heavy atom. The SMILES string of the molecule is Cc1ccccc1C(=O)[C@H]1C[C@H](C(=O)O)N(N)c2cc(Cl)cc(Cl)c21. The van der Waals surface area contributed by atoms with Crippen LogP contribution in [0.1, 0.15) is 33.8 Å². The molecule has 0 bridgehead atoms. The van der Waals surface area contributed by atoms with Crippen molar-refractivity contribution in [3.05, 3.63) is 63.1 Å². The van der Waals surface area contributed by atoms with Crippen LogP contribution in [0.4, 0.5) is 5.69 Å². The fraction of sp³-hybridized carbons (Fsp3) is 0.222. The number of nitrogens with two attached hydrogens (primary N) is 1. The van der Waals surface area contributed by atoms with Crippen molar-refractivity contribution < 1.29 is 14.7 Å². The predicted molar refractivity (Wildman–Crippen MR) is 97.4 cm³/mol. The van der Waals surface area contributed by atoms with Crippen molar-refractivity contribution in [1.29, 1.82) is 0 Å². The number of nitrogens with zero attached hydrogens (tertiary/aromatic N) is 1. The van der Waals surface area contributed by atoms with E-state index in [0.29, 0.717) is 26.9 Å². The van der Waals surface area contributed by atoms with Gasteiger partial charge < -0.3 is 5.11 Å². The van der Waals surface area contributed by atoms with Gasteiger partial charge in [-0.2, -0.15) is 0 Å². The minimum Gasteiger partial charge on any atom is -0.480 e. The Kier molecular flexibility index (Phi) is 4.73. The lowest BCUT2D eigenvalue weighted by molar-refractivity contribution is -0.138. The first-order chi connectivity index (χ1) is 11.8. The van der Waals surface area contributed by atoms with E-state index in [9.17, 15) is 14.7 Å². The number of aryl methyl sites for hydroxylation is 1. The summed E-state index contributed by atoms with van der Waals surface area (Å²) < 4.78 is 0. The smallest absolute Gasteiger partial charge is 0.327 e. The van der Waals surface area contributed by atoms with Crippen LogP contribution in [0.2, 0.25) is 10.0 Å². The van der Waals surface area contributed by atoms with E-state index in [1.807, 2.05) is 19.1 Å². The van der Waals surface area contributed by atoms with Crippen LogP contribution in [0.25, 0.3) is 0 Å². The predicted octanol–water partition coefficient (Wildman–Crippen LogP) is 3.81. The monoisotopic (exact) mass is 378 g/mol. The number of hydrogen-bond acceptors (Lipinski definition) is 4. The molecule has 0 aliphatic carbocycles. The second-order valence-corrected chi connectivity index (χ2v) is 6.89. The van der Waals surface area contributed by atoms with Gasteiger partial charge in [0, 0.05) is 21.2 Å². The highest BCUT2D eigenvalue weighted by Gasteiger charge is 2.40. The summed E-state index contributed by atoms with van der Waals surface area (Å²) in [4.78, 5) is 24.8. The molecule has 0 aromatic heterocycles. The lowest BCUT2D eigenvalue weighted by atomic mass is 9.80. The van der Waals surface area contributed by atoms with Gasteiger partial charge in [-0.05, 0) is 31.0 Å². The molecule has 2 aromatic carbocycles. The van der Waals surface area contributed by atoms with Gasteiger partial charge in [0.25, 0.3) is 0 Å². The maximum atomic E-state index is 13.2. The Labute approximate surface area is 154 Å². The average molecular weight is 379 g/mol. The molecule has 0 fully saturated rings. The van der Waals surface area contributed by atoms with E-state index in [1.54, 1.807) is 12.1 Å². The third-order valence-corrected chi connectivity index (χ3v) is 5.04. The number of hydrazine groups is 1. The van der Waals surface area contributed by atoms with Gasteiger partial charge in [-0.3, -0.25) is 9.80 Å². The Balaban J connectivity index is 2.17. The first-order valence-electron chi connectivity index (χ1n) is 7.66. The first-order valence-corrected chi connectivity index (χ1v) is 8.42. The molecule has 2 aromatic rings. The summed E-state index contributed by atoms with van der Waals surface area (Å²) in [6.45, 7) is 1.84. The molecule has 1 aliphatic rings. The molecule has 25 heavy (non-hydrogen) atoms. The summed E-state index contributed by atoms with van der Waals surface area (Å²) in [5.41, 5.74) is 2.24. The summed E-state index contributed by atoms with van der Waals surface area (Å²) in [6, 6.07) is 9.22. The molecule has 1 aliphatic heterocycles. The zero-order valence-corrected chi connectivity index (χ0v) is 14.9. The summed E-state index contributed by atoms with van der Waals surface area (Å²) in [6.07, 6.45) is 0.0351. The number of ketones is 1. The van der Waals surface area contributed by atoms with E-state index >= 15 is 0 Å². The molecule has 0 amide bonds. The molecular formula is C18H16Cl2N2O3. The largest absolute Gasteiger partial charge is 0.480 e. The van der Waals surface area contributed by atoms with Gasteiger partial charge >= 0.3 is 5.97 Å². The number of carboxylic acids is 1. The maximum Gasteiger partial charge on any atom is 0.327 e. The van der Waals surface area contributed by atoms with E-state index in [-0.39, 0.29) is 12.2 Å². The number of aliphatic carboxylic acids is 1. The molecule has 0 radical (unpaired) electrons. The van der Waals surface area contributed by atoms with Crippen molar-refractivity contribution in [2.24, 2.45) is 5.84 Å². The van der Waals surface area contributed by atoms with E-state index in [2.05, 4.69) is 0 Å². The van der Waals surface area contributed by atoms with Gasteiger partial charge in [0.1, 0.15) is 6.04 Å². The summed E-state index contributed by atoms with van der Waals surface area (Å²) in [5, 5.41) is 11.2. The Hall–Kier alpha value is -2.08. The van der Waals surface area contributed by atoms with Crippen LogP contribution in [0.15, 0.2) is 36.4 Å². The fourth-order valence-corrected chi connectivity index (χ4v) is 3.86. The molecule has 5 nitrogen and oxygen atoms in total. The fourth-order valence-electron chi connectivity index (χ4n) is 3.25. The minimum absolute atomic E-state index is 0.0351. The number of halogens is 2. The lowest BCUT2D eigenvalue weighted by Crippen LogP contribution is -2.51. The number of benzene rings is 2. The van der Waals surface area contributed by atoms with Gasteiger partial charge in [0.15, 0.2) is 5.78 Å². The summed E-state index contributed by atoms with van der Waals surface area (Å²) >= 11 is 12.4. The Morgan fingerprint density at radius 2 is 1.92 bits per heavy atom. The molecule has 1 heterocycles. The normalized spacial score (nSPS) is 19.4. The van der Waals surface area contributed by atoms with E-state index in [4.69, 9.17) is 29.0 Å². The van der Waals surface area contributed by atoms with Crippen molar-refractivity contribution >= 4 is 40.6 Å². The van der Waals surface area contributed by atoms with Crippen molar-refractivity contribution in [3.63, 3.8) is 0 Å². The molecule has 0 saturated heterocycles. The highest BCUT2D eigenvalue weighted by Crippen LogP contribution is 2.44. The van der Waals surface area contributed by atoms with Gasteiger partial charge in [-0.1, -0.05) is 47.5 Å². The van der Waals surface area contributed by atoms with Crippen molar-refractivity contribution in [1.82, 2.24) is 0 Å². The molecule has 130 valence electrons. The van der Waals surface area contributed by atoms with Crippen LogP contribution in [0.5, 0.6) is 0 Å². The molecule has 0 saturated carbocycles. The maximum absolute atomic E-state index is 13.2. The van der Waals surface area contributed by atoms with E-state index < -0.39 is 17.9 Å². The van der Waals surface area contributed by atoms with Gasteiger partial charge in [0.2, 0.25) is 0 Å². The molecule has 0 unspecified atom stereocenters. The zero-order valence-electron chi connectivity index (χ0n) is 13.4. The third-order valence-electron chi connectivity index (χ3n) is 4.51. The average Bonchev–Trinajstić information content (AvgIpc) is 2.55. The standard InChI is InChI=1S/C18H16Cl2N2O3/c1-9-4-2-3-5-11(9)17(23)12-8-15(18(24)25)22(21)14-7-10(19)6-13(20)16(12)14/h2-7,12,15H,8,21H2,1H3,(H,24,25)/t12-,15+/m0/s1. The number of carboxylic acid groups (broad SMARTS) is 1. The molecule has 2 atom stereocenters. The number of Topliss-reactive ketones (excluding diaryl/α,β-unsaturated/α-hetero) is 1. The second-order valence-electron chi connectivity index (χ2n) is 6.05. The number of anilines is 1. The molecular weight excluding hydrogens is 363 g/mol. The highest BCUT2D eigenvalue weighted by molar-refractivity contribution is 6.36. The number of rotatable bonds is 3. The number of hydrogen-bond donors (Lipinski definition) is 2. The lowest BCUT2D eigenvalue weighted by Gasteiger charge is -2.37. The number of carbonyl (C=O) groups excluding carboxylic acids is 1. The first kappa shape index (κ1) is 17.7. The number of fused-ring (bicyclic) bond motifs is 1. The van der Waals surface area contributed by atoms with Crippen molar-refractivity contribution in [3.8, 4) is 0 Å². The molecule has 3 N–H and O–H groups in total. The van der Waals surface area contributed by atoms with Crippen LogP contribution in [0, 0.1) is 6.92 Å². The molecule has 0 spiro atoms. The van der Waals surface area contributed by atoms with Crippen LogP contribution in [-0.4, -0.2) is 22.9 Å². The van der Waals surface area contributed by atoms with Crippen molar-refractivity contribution in [2.45, 2.75) is 25.3 Å². The van der Waals surface area contributed by atoms with Crippen LogP contribution >= 0.6 is 23.2 Å². The van der Waals surface area contributed by atoms with Gasteiger partial charge in [0.05, 0.1) is 11.6 Å². The summed E-state index contributed by atoms with van der Waals surface area (Å²) in [5.74, 6) is 3.99. The molecule has 7 heteroatoms. The minimum atomic E-state index is -1.10. The van der Waals surface area contributed by atoms with Crippen LogP contribution < -0.4 is 10.9 Å². The Morgan fingerprint density at radius 1 is 1.24 bits per heavy atom. The third kappa shape index (κ3) is 3.11. The second kappa shape index (κ2) is 6.67. The quantitative estimate of drug-likeness (QED) is 0.626. The number of carbonyl (C=O) groups is 2. The van der Waals surface area contributed by atoms with Crippen LogP contribution in [-0.2, 0) is 4.79 Å². The van der Waals surface area contributed by atoms with Crippen molar-refractivity contribution in [2.75, 3.05) is 5.01 Å². The molecule has 3 rings (SSSR count). The Bertz CT molecular complexity index is 869. The topological polar surface area (TPSA) is 83.6 Å². The highest BCUT2D eigenvalue weighted by atomic mass is 35.5. The van der Waals surface area contributed by atoms with Gasteiger partial charge in [-0.25, -0.2) is 10.6 Å². The van der Waals surface area contributed by atoms with E-state index in [1.165, 1.54) is 12.1 Å². The van der Waals surface area contributed by atoms with Crippen LogP contribution in [0.3, 0.4) is 0 Å². The van der Waals surface area contributed by atoms with Gasteiger partial charge in [-0.15, -0.1) is 0 Å². The zero-order chi connectivity index (χ0) is 18.3. The van der Waals surface area contributed by atoms with E-state index in [0.717, 1.165) is 10.6 Å².